The summed E-state index contributed by atoms with van der Waals surface area (Å²) in [6.07, 6.45) is 0.331. The first kappa shape index (κ1) is 20.3. The molecule has 0 spiro atoms. The van der Waals surface area contributed by atoms with Crippen molar-refractivity contribution >= 4 is 11.9 Å². The Morgan fingerprint density at radius 2 is 1.74 bits per heavy atom. The molecule has 144 valence electrons. The van der Waals surface area contributed by atoms with Crippen LogP contribution in [-0.2, 0) is 17.8 Å². The first-order chi connectivity index (χ1) is 12.9. The Morgan fingerprint density at radius 1 is 1.07 bits per heavy atom. The molecule has 0 aliphatic heterocycles. The average molecular weight is 378 g/mol. The second-order valence-electron chi connectivity index (χ2n) is 5.97. The number of primary amides is 1. The zero-order valence-corrected chi connectivity index (χ0v) is 14.8. The quantitative estimate of drug-likeness (QED) is 0.510. The molecular formula is C19H21F3N4O. The van der Waals surface area contributed by atoms with Crippen LogP contribution >= 0.6 is 0 Å². The molecule has 2 aromatic carbocycles. The molecule has 0 aliphatic carbocycles. The van der Waals surface area contributed by atoms with Gasteiger partial charge >= 0.3 is 0 Å². The molecule has 0 saturated carbocycles. The lowest BCUT2D eigenvalue weighted by Gasteiger charge is -2.17. The molecule has 8 heteroatoms. The summed E-state index contributed by atoms with van der Waals surface area (Å²) >= 11 is 0. The number of carbonyl (C=O) groups is 1. The molecular weight excluding hydrogens is 357 g/mol. The zero-order chi connectivity index (χ0) is 19.8. The van der Waals surface area contributed by atoms with Crippen LogP contribution in [0.1, 0.15) is 11.1 Å². The van der Waals surface area contributed by atoms with E-state index in [4.69, 9.17) is 5.73 Å². The number of carbonyl (C=O) groups excluding carboxylic acids is 1. The lowest BCUT2D eigenvalue weighted by molar-refractivity contribution is -0.121. The van der Waals surface area contributed by atoms with Crippen molar-refractivity contribution in [1.29, 1.82) is 0 Å². The summed E-state index contributed by atoms with van der Waals surface area (Å²) in [5.74, 6) is -2.20. The van der Waals surface area contributed by atoms with Gasteiger partial charge in [-0.1, -0.05) is 12.1 Å². The molecule has 2 rings (SSSR count). The smallest absolute Gasteiger partial charge is 0.222 e. The second kappa shape index (κ2) is 9.61. The fourth-order valence-electron chi connectivity index (χ4n) is 2.48. The maximum atomic E-state index is 13.7. The molecule has 0 fully saturated rings. The van der Waals surface area contributed by atoms with Gasteiger partial charge in [0, 0.05) is 25.7 Å². The first-order valence-corrected chi connectivity index (χ1v) is 8.31. The van der Waals surface area contributed by atoms with E-state index in [9.17, 15) is 18.0 Å². The Hall–Kier alpha value is -3.03. The van der Waals surface area contributed by atoms with Crippen molar-refractivity contribution in [2.24, 2.45) is 16.6 Å². The first-order valence-electron chi connectivity index (χ1n) is 8.31. The van der Waals surface area contributed by atoms with E-state index >= 15 is 0 Å². The maximum absolute atomic E-state index is 13.7. The van der Waals surface area contributed by atoms with Crippen LogP contribution in [0.25, 0.3) is 0 Å². The van der Waals surface area contributed by atoms with Crippen molar-refractivity contribution in [3.05, 3.63) is 71.0 Å². The van der Waals surface area contributed by atoms with Gasteiger partial charge in [-0.2, -0.15) is 0 Å². The Kier molecular flexibility index (Phi) is 7.22. The van der Waals surface area contributed by atoms with Crippen LogP contribution in [0.4, 0.5) is 13.2 Å². The zero-order valence-electron chi connectivity index (χ0n) is 14.8. The number of guanidine groups is 1. The number of nitrogens with one attached hydrogen (secondary N) is 2. The van der Waals surface area contributed by atoms with Crippen LogP contribution in [0.2, 0.25) is 0 Å². The third kappa shape index (κ3) is 6.32. The number of hydrogen-bond acceptors (Lipinski definition) is 2. The van der Waals surface area contributed by atoms with Gasteiger partial charge in [0.15, 0.2) is 5.96 Å². The van der Waals surface area contributed by atoms with E-state index in [1.54, 1.807) is 12.1 Å². The molecule has 1 unspecified atom stereocenters. The predicted octanol–water partition coefficient (Wildman–Crippen LogP) is 2.11. The highest BCUT2D eigenvalue weighted by molar-refractivity contribution is 5.81. The van der Waals surface area contributed by atoms with E-state index in [2.05, 4.69) is 15.6 Å². The van der Waals surface area contributed by atoms with E-state index in [0.29, 0.717) is 12.4 Å². The van der Waals surface area contributed by atoms with Gasteiger partial charge in [-0.25, -0.2) is 13.2 Å². The van der Waals surface area contributed by atoms with Crippen LogP contribution in [-0.4, -0.2) is 25.5 Å². The van der Waals surface area contributed by atoms with Crippen LogP contribution < -0.4 is 16.4 Å². The van der Waals surface area contributed by atoms with E-state index in [1.165, 1.54) is 19.2 Å². The SMILES string of the molecule is CN=C(NCc1cc(F)ccc1F)NCC(Cc1ccc(F)cc1)C(N)=O. The normalized spacial score (nSPS) is 12.5. The highest BCUT2D eigenvalue weighted by atomic mass is 19.1. The van der Waals surface area contributed by atoms with E-state index < -0.39 is 23.5 Å². The van der Waals surface area contributed by atoms with E-state index in [-0.39, 0.29) is 24.5 Å². The Bertz CT molecular complexity index is 809. The maximum Gasteiger partial charge on any atom is 0.222 e. The van der Waals surface area contributed by atoms with Crippen molar-refractivity contribution in [2.45, 2.75) is 13.0 Å². The molecule has 1 amide bonds. The third-order valence-electron chi connectivity index (χ3n) is 3.99. The fraction of sp³-hybridized carbons (Fsp3) is 0.263. The summed E-state index contributed by atoms with van der Waals surface area (Å²) in [4.78, 5) is 15.7. The molecule has 5 nitrogen and oxygen atoms in total. The summed E-state index contributed by atoms with van der Waals surface area (Å²) in [6.45, 7) is 0.195. The number of nitrogens with two attached hydrogens (primary N) is 1. The minimum absolute atomic E-state index is 0.0163. The van der Waals surface area contributed by atoms with Gasteiger partial charge in [0.2, 0.25) is 5.91 Å². The number of aliphatic imine (C=N–C) groups is 1. The van der Waals surface area contributed by atoms with Gasteiger partial charge in [0.05, 0.1) is 5.92 Å². The molecule has 0 radical (unpaired) electrons. The minimum Gasteiger partial charge on any atom is -0.369 e. The monoisotopic (exact) mass is 378 g/mol. The Balaban J connectivity index is 1.92. The Morgan fingerprint density at radius 3 is 2.37 bits per heavy atom. The van der Waals surface area contributed by atoms with Crippen LogP contribution in [0.3, 0.4) is 0 Å². The lowest BCUT2D eigenvalue weighted by atomic mass is 9.98. The third-order valence-corrected chi connectivity index (χ3v) is 3.99. The number of hydrogen-bond donors (Lipinski definition) is 3. The molecule has 0 saturated heterocycles. The lowest BCUT2D eigenvalue weighted by Crippen LogP contribution is -2.43. The van der Waals surface area contributed by atoms with Crippen molar-refractivity contribution in [2.75, 3.05) is 13.6 Å². The van der Waals surface area contributed by atoms with Crippen molar-refractivity contribution < 1.29 is 18.0 Å². The second-order valence-corrected chi connectivity index (χ2v) is 5.97. The van der Waals surface area contributed by atoms with Crippen LogP contribution in [0, 0.1) is 23.4 Å². The van der Waals surface area contributed by atoms with E-state index in [1.807, 2.05) is 0 Å². The van der Waals surface area contributed by atoms with Crippen LogP contribution in [0.5, 0.6) is 0 Å². The Labute approximate surface area is 155 Å². The summed E-state index contributed by atoms with van der Waals surface area (Å²) in [5, 5.41) is 5.78. The van der Waals surface area contributed by atoms with Gasteiger partial charge in [-0.15, -0.1) is 0 Å². The number of halogens is 3. The van der Waals surface area contributed by atoms with Crippen molar-refractivity contribution in [3.8, 4) is 0 Å². The van der Waals surface area contributed by atoms with Crippen LogP contribution in [0.15, 0.2) is 47.5 Å². The molecule has 0 bridgehead atoms. The van der Waals surface area contributed by atoms with Crippen molar-refractivity contribution in [1.82, 2.24) is 10.6 Å². The molecule has 0 aromatic heterocycles. The fourth-order valence-corrected chi connectivity index (χ4v) is 2.48. The molecule has 4 N–H and O–H groups in total. The minimum atomic E-state index is -0.556. The number of amides is 1. The average Bonchev–Trinajstić information content (AvgIpc) is 2.64. The summed E-state index contributed by atoms with van der Waals surface area (Å²) in [6, 6.07) is 8.99. The molecule has 0 aliphatic rings. The van der Waals surface area contributed by atoms with Gasteiger partial charge in [-0.3, -0.25) is 9.79 Å². The molecule has 0 heterocycles. The summed E-state index contributed by atoms with van der Waals surface area (Å²) in [5.41, 5.74) is 6.36. The standard InChI is InChI=1S/C19H21F3N4O/c1-24-19(25-10-13-9-16(21)6-7-17(13)22)26-11-14(18(23)27)8-12-2-4-15(20)5-3-12/h2-7,9,14H,8,10-11H2,1H3,(H2,23,27)(H2,24,25,26). The largest absolute Gasteiger partial charge is 0.369 e. The van der Waals surface area contributed by atoms with Gasteiger partial charge in [-0.05, 0) is 42.3 Å². The molecule has 2 aromatic rings. The van der Waals surface area contributed by atoms with Gasteiger partial charge in [0.1, 0.15) is 17.5 Å². The summed E-state index contributed by atoms with van der Waals surface area (Å²) in [7, 11) is 1.51. The topological polar surface area (TPSA) is 79.5 Å². The molecule has 27 heavy (non-hydrogen) atoms. The van der Waals surface area contributed by atoms with Gasteiger partial charge in [0.25, 0.3) is 0 Å². The van der Waals surface area contributed by atoms with E-state index in [0.717, 1.165) is 23.8 Å². The number of benzene rings is 2. The highest BCUT2D eigenvalue weighted by Crippen LogP contribution is 2.10. The summed E-state index contributed by atoms with van der Waals surface area (Å²) < 4.78 is 39.9. The molecule has 1 atom stereocenters. The number of nitrogens with zero attached hydrogens (tertiary/aromatic N) is 1. The predicted molar refractivity (Wildman–Crippen MR) is 97.3 cm³/mol. The van der Waals surface area contributed by atoms with Gasteiger partial charge < -0.3 is 16.4 Å². The number of rotatable bonds is 7. The van der Waals surface area contributed by atoms with Crippen molar-refractivity contribution in [3.63, 3.8) is 0 Å². The highest BCUT2D eigenvalue weighted by Gasteiger charge is 2.17.